The summed E-state index contributed by atoms with van der Waals surface area (Å²) in [5.74, 6) is -0.124. The molecule has 0 bridgehead atoms. The van der Waals surface area contributed by atoms with Crippen LogP contribution in [0.15, 0.2) is 18.2 Å². The van der Waals surface area contributed by atoms with Gasteiger partial charge in [-0.05, 0) is 25.1 Å². The molecular formula is C10H9F3N2O. The molecule has 3 nitrogen and oxygen atoms in total. The zero-order valence-electron chi connectivity index (χ0n) is 8.38. The Morgan fingerprint density at radius 1 is 1.44 bits per heavy atom. The summed E-state index contributed by atoms with van der Waals surface area (Å²) in [5, 5.41) is 8.69. The van der Waals surface area contributed by atoms with E-state index in [1.165, 1.54) is 18.2 Å². The number of nitrogens with two attached hydrogens (primary N) is 1. The van der Waals surface area contributed by atoms with E-state index < -0.39 is 12.3 Å². The van der Waals surface area contributed by atoms with Crippen LogP contribution in [0, 0.1) is 11.3 Å². The molecular weight excluding hydrogens is 221 g/mol. The monoisotopic (exact) mass is 230 g/mol. The van der Waals surface area contributed by atoms with Crippen LogP contribution >= 0.6 is 0 Å². The average Bonchev–Trinajstić information content (AvgIpc) is 2.19. The second-order valence-electron chi connectivity index (χ2n) is 3.17. The van der Waals surface area contributed by atoms with Crippen LogP contribution in [0.25, 0.3) is 0 Å². The minimum absolute atomic E-state index is 0.0175. The van der Waals surface area contributed by atoms with Crippen molar-refractivity contribution < 1.29 is 17.9 Å². The summed E-state index contributed by atoms with van der Waals surface area (Å²) in [6.07, 6.45) is -6.43. The maximum atomic E-state index is 12.2. The predicted octanol–water partition coefficient (Wildman–Crippen LogP) is 2.47. The second-order valence-corrected chi connectivity index (χ2v) is 3.17. The molecule has 1 aromatic carbocycles. The quantitative estimate of drug-likeness (QED) is 0.794. The van der Waals surface area contributed by atoms with Crippen molar-refractivity contribution in [2.75, 3.05) is 5.73 Å². The van der Waals surface area contributed by atoms with Crippen LogP contribution in [0.2, 0.25) is 0 Å². The third kappa shape index (κ3) is 2.79. The molecule has 0 saturated carbocycles. The molecule has 0 aliphatic heterocycles. The highest BCUT2D eigenvalue weighted by molar-refractivity contribution is 5.53. The van der Waals surface area contributed by atoms with Crippen molar-refractivity contribution in [2.45, 2.75) is 19.2 Å². The second kappa shape index (κ2) is 4.31. The number of rotatable bonds is 2. The van der Waals surface area contributed by atoms with Gasteiger partial charge in [-0.2, -0.15) is 18.4 Å². The molecule has 0 spiro atoms. The van der Waals surface area contributed by atoms with Crippen molar-refractivity contribution in [3.63, 3.8) is 0 Å². The van der Waals surface area contributed by atoms with Crippen LogP contribution in [0.3, 0.4) is 0 Å². The van der Waals surface area contributed by atoms with Gasteiger partial charge in [-0.15, -0.1) is 0 Å². The fraction of sp³-hybridized carbons (Fsp3) is 0.300. The Morgan fingerprint density at radius 3 is 2.56 bits per heavy atom. The summed E-state index contributed by atoms with van der Waals surface area (Å²) < 4.78 is 41.3. The van der Waals surface area contributed by atoms with Crippen LogP contribution in [-0.2, 0) is 0 Å². The molecule has 0 saturated heterocycles. The van der Waals surface area contributed by atoms with Gasteiger partial charge in [0.15, 0.2) is 6.10 Å². The lowest BCUT2D eigenvalue weighted by molar-refractivity contribution is -0.189. The lowest BCUT2D eigenvalue weighted by Gasteiger charge is -2.18. The van der Waals surface area contributed by atoms with Crippen LogP contribution < -0.4 is 10.5 Å². The number of anilines is 1. The maximum absolute atomic E-state index is 12.2. The number of hydrogen-bond acceptors (Lipinski definition) is 3. The lowest BCUT2D eigenvalue weighted by atomic mass is 10.2. The maximum Gasteiger partial charge on any atom is 0.425 e. The smallest absolute Gasteiger partial charge is 0.425 e. The Kier molecular flexibility index (Phi) is 3.28. The zero-order chi connectivity index (χ0) is 12.3. The number of ether oxygens (including phenoxy) is 1. The van der Waals surface area contributed by atoms with Crippen molar-refractivity contribution in [3.8, 4) is 11.8 Å². The predicted molar refractivity (Wildman–Crippen MR) is 51.7 cm³/mol. The highest BCUT2D eigenvalue weighted by Gasteiger charge is 2.38. The molecule has 0 amide bonds. The summed E-state index contributed by atoms with van der Waals surface area (Å²) >= 11 is 0. The molecule has 0 heterocycles. The van der Waals surface area contributed by atoms with Crippen LogP contribution in [-0.4, -0.2) is 12.3 Å². The molecule has 0 aliphatic rings. The third-order valence-electron chi connectivity index (χ3n) is 1.89. The van der Waals surface area contributed by atoms with E-state index >= 15 is 0 Å². The lowest BCUT2D eigenvalue weighted by Crippen LogP contribution is -2.31. The van der Waals surface area contributed by atoms with E-state index in [9.17, 15) is 13.2 Å². The van der Waals surface area contributed by atoms with E-state index in [0.717, 1.165) is 6.92 Å². The first-order valence-electron chi connectivity index (χ1n) is 4.37. The van der Waals surface area contributed by atoms with Crippen molar-refractivity contribution in [1.29, 1.82) is 5.26 Å². The standard InChI is InChI=1S/C10H9F3N2O/c1-6(10(11,12)13)16-9-3-2-8(15)4-7(9)5-14/h2-4,6H,15H2,1H3. The van der Waals surface area contributed by atoms with E-state index in [0.29, 0.717) is 5.69 Å². The fourth-order valence-corrected chi connectivity index (χ4v) is 0.995. The first kappa shape index (κ1) is 12.2. The third-order valence-corrected chi connectivity index (χ3v) is 1.89. The Morgan fingerprint density at radius 2 is 2.06 bits per heavy atom. The van der Waals surface area contributed by atoms with Crippen molar-refractivity contribution >= 4 is 5.69 Å². The van der Waals surface area contributed by atoms with Crippen LogP contribution in [0.5, 0.6) is 5.75 Å². The van der Waals surface area contributed by atoms with E-state index in [1.54, 1.807) is 6.07 Å². The minimum Gasteiger partial charge on any atom is -0.480 e. The number of nitrogens with zero attached hydrogens (tertiary/aromatic N) is 1. The van der Waals surface area contributed by atoms with Crippen LogP contribution in [0.4, 0.5) is 18.9 Å². The SMILES string of the molecule is CC(Oc1ccc(N)cc1C#N)C(F)(F)F. The molecule has 86 valence electrons. The van der Waals surface area contributed by atoms with Crippen molar-refractivity contribution in [1.82, 2.24) is 0 Å². The Labute approximate surface area is 90.2 Å². The summed E-state index contributed by atoms with van der Waals surface area (Å²) in [6, 6.07) is 5.60. The van der Waals surface area contributed by atoms with Gasteiger partial charge < -0.3 is 10.5 Å². The number of benzene rings is 1. The van der Waals surface area contributed by atoms with Crippen molar-refractivity contribution in [2.24, 2.45) is 0 Å². The molecule has 0 fully saturated rings. The van der Waals surface area contributed by atoms with Crippen molar-refractivity contribution in [3.05, 3.63) is 23.8 Å². The first-order chi connectivity index (χ1) is 7.34. The van der Waals surface area contributed by atoms with Gasteiger partial charge in [-0.1, -0.05) is 0 Å². The van der Waals surface area contributed by atoms with Gasteiger partial charge >= 0.3 is 6.18 Å². The molecule has 0 aliphatic carbocycles. The zero-order valence-corrected chi connectivity index (χ0v) is 8.38. The number of halogens is 3. The van der Waals surface area contributed by atoms with Gasteiger partial charge in [0, 0.05) is 5.69 Å². The van der Waals surface area contributed by atoms with Gasteiger partial charge in [0.2, 0.25) is 0 Å². The van der Waals surface area contributed by atoms with E-state index in [2.05, 4.69) is 4.74 Å². The molecule has 1 atom stereocenters. The number of nitriles is 1. The topological polar surface area (TPSA) is 59.0 Å². The molecule has 0 aromatic heterocycles. The number of alkyl halides is 3. The summed E-state index contributed by atoms with van der Waals surface area (Å²) in [4.78, 5) is 0. The minimum atomic E-state index is -4.46. The highest BCUT2D eigenvalue weighted by atomic mass is 19.4. The molecule has 1 rings (SSSR count). The molecule has 6 heteroatoms. The molecule has 2 N–H and O–H groups in total. The van der Waals surface area contributed by atoms with Gasteiger partial charge in [-0.3, -0.25) is 0 Å². The Balaban J connectivity index is 2.95. The summed E-state index contributed by atoms with van der Waals surface area (Å²) in [5.41, 5.74) is 5.67. The van der Waals surface area contributed by atoms with E-state index in [1.807, 2.05) is 0 Å². The molecule has 0 radical (unpaired) electrons. The molecule has 16 heavy (non-hydrogen) atoms. The fourth-order valence-electron chi connectivity index (χ4n) is 0.995. The van der Waals surface area contributed by atoms with Gasteiger partial charge in [-0.25, -0.2) is 0 Å². The molecule has 1 aromatic rings. The van der Waals surface area contributed by atoms with Gasteiger partial charge in [0.05, 0.1) is 5.56 Å². The normalized spacial score (nSPS) is 12.9. The van der Waals surface area contributed by atoms with Gasteiger partial charge in [0.1, 0.15) is 11.8 Å². The van der Waals surface area contributed by atoms with Crippen LogP contribution in [0.1, 0.15) is 12.5 Å². The average molecular weight is 230 g/mol. The first-order valence-corrected chi connectivity index (χ1v) is 4.37. The number of nitrogen functional groups attached to an aromatic ring is 1. The van der Waals surface area contributed by atoms with E-state index in [-0.39, 0.29) is 11.3 Å². The summed E-state index contributed by atoms with van der Waals surface area (Å²) in [6.45, 7) is 0.873. The molecule has 1 unspecified atom stereocenters. The van der Waals surface area contributed by atoms with Gasteiger partial charge in [0.25, 0.3) is 0 Å². The Bertz CT molecular complexity index is 423. The summed E-state index contributed by atoms with van der Waals surface area (Å²) in [7, 11) is 0. The highest BCUT2D eigenvalue weighted by Crippen LogP contribution is 2.27. The largest absolute Gasteiger partial charge is 0.480 e. The number of hydrogen-bond donors (Lipinski definition) is 1. The van der Waals surface area contributed by atoms with E-state index in [4.69, 9.17) is 11.0 Å². The Hall–Kier alpha value is -1.90.